The van der Waals surface area contributed by atoms with Crippen LogP contribution in [-0.4, -0.2) is 47.3 Å². The van der Waals surface area contributed by atoms with Crippen molar-refractivity contribution in [1.29, 1.82) is 0 Å². The summed E-state index contributed by atoms with van der Waals surface area (Å²) in [5.41, 5.74) is 0.732. The zero-order chi connectivity index (χ0) is 15.3. The molecule has 0 aromatic carbocycles. The molecule has 1 fully saturated rings. The van der Waals surface area contributed by atoms with Gasteiger partial charge in [0.1, 0.15) is 4.90 Å². The first-order chi connectivity index (χ1) is 9.04. The molecule has 0 amide bonds. The van der Waals surface area contributed by atoms with Gasteiger partial charge in [0.05, 0.1) is 23.1 Å². The Kier molecular flexibility index (Phi) is 3.73. The third-order valence-corrected chi connectivity index (χ3v) is 5.64. The first-order valence-electron chi connectivity index (χ1n) is 6.73. The number of morpholine rings is 1. The fourth-order valence-corrected chi connectivity index (χ4v) is 4.90. The Morgan fingerprint density at radius 2 is 1.95 bits per heavy atom. The molecular formula is C13H23N3O3S. The highest BCUT2D eigenvalue weighted by Gasteiger charge is 2.39. The topological polar surface area (TPSA) is 64.4 Å². The summed E-state index contributed by atoms with van der Waals surface area (Å²) in [6, 6.07) is 0. The molecule has 1 unspecified atom stereocenters. The highest BCUT2D eigenvalue weighted by atomic mass is 32.2. The zero-order valence-corrected chi connectivity index (χ0v) is 13.8. The van der Waals surface area contributed by atoms with Crippen molar-refractivity contribution >= 4 is 10.0 Å². The lowest BCUT2D eigenvalue weighted by Gasteiger charge is -2.40. The molecule has 114 valence electrons. The van der Waals surface area contributed by atoms with Crippen molar-refractivity contribution < 1.29 is 13.2 Å². The predicted molar refractivity (Wildman–Crippen MR) is 76.1 cm³/mol. The van der Waals surface area contributed by atoms with Crippen LogP contribution < -0.4 is 0 Å². The van der Waals surface area contributed by atoms with Crippen molar-refractivity contribution in [2.75, 3.05) is 13.1 Å². The predicted octanol–water partition coefficient (Wildman–Crippen LogP) is 1.22. The second-order valence-electron chi connectivity index (χ2n) is 6.11. The van der Waals surface area contributed by atoms with E-state index in [0.29, 0.717) is 29.4 Å². The Bertz CT molecular complexity index is 619. The maximum absolute atomic E-state index is 12.9. The summed E-state index contributed by atoms with van der Waals surface area (Å²) in [6.45, 7) is 9.96. The molecule has 1 aromatic rings. The van der Waals surface area contributed by atoms with Crippen molar-refractivity contribution in [2.45, 2.75) is 51.2 Å². The molecule has 1 atom stereocenters. The smallest absolute Gasteiger partial charge is 0.246 e. The Morgan fingerprint density at radius 1 is 1.35 bits per heavy atom. The molecule has 6 nitrogen and oxygen atoms in total. The molecular weight excluding hydrogens is 278 g/mol. The maximum atomic E-state index is 12.9. The van der Waals surface area contributed by atoms with E-state index in [1.807, 2.05) is 20.8 Å². The van der Waals surface area contributed by atoms with Gasteiger partial charge in [-0.25, -0.2) is 8.42 Å². The van der Waals surface area contributed by atoms with Gasteiger partial charge < -0.3 is 4.74 Å². The zero-order valence-electron chi connectivity index (χ0n) is 13.0. The lowest BCUT2D eigenvalue weighted by atomic mass is 10.1. The minimum Gasteiger partial charge on any atom is -0.370 e. The van der Waals surface area contributed by atoms with E-state index in [-0.39, 0.29) is 6.10 Å². The number of sulfonamides is 1. The van der Waals surface area contributed by atoms with Gasteiger partial charge in [-0.15, -0.1) is 0 Å². The van der Waals surface area contributed by atoms with Gasteiger partial charge in [0.25, 0.3) is 0 Å². The van der Waals surface area contributed by atoms with Gasteiger partial charge in [-0.3, -0.25) is 4.68 Å². The molecule has 1 aromatic heterocycles. The van der Waals surface area contributed by atoms with Gasteiger partial charge >= 0.3 is 0 Å². The van der Waals surface area contributed by atoms with Crippen LogP contribution in [0.4, 0.5) is 0 Å². The molecule has 2 heterocycles. The molecule has 0 aliphatic carbocycles. The second-order valence-corrected chi connectivity index (χ2v) is 7.98. The summed E-state index contributed by atoms with van der Waals surface area (Å²) in [5, 5.41) is 4.21. The van der Waals surface area contributed by atoms with Crippen molar-refractivity contribution in [3.05, 3.63) is 11.4 Å². The lowest BCUT2D eigenvalue weighted by molar-refractivity contribution is -0.109. The van der Waals surface area contributed by atoms with Crippen LogP contribution in [0.25, 0.3) is 0 Å². The van der Waals surface area contributed by atoms with E-state index in [1.54, 1.807) is 25.6 Å². The highest BCUT2D eigenvalue weighted by Crippen LogP contribution is 2.29. The first kappa shape index (κ1) is 15.5. The quantitative estimate of drug-likeness (QED) is 0.824. The van der Waals surface area contributed by atoms with E-state index < -0.39 is 15.6 Å². The van der Waals surface area contributed by atoms with Crippen molar-refractivity contribution in [3.63, 3.8) is 0 Å². The molecule has 1 aliphatic rings. The fraction of sp³-hybridized carbons (Fsp3) is 0.769. The van der Waals surface area contributed by atoms with Gasteiger partial charge in [-0.2, -0.15) is 9.40 Å². The largest absolute Gasteiger partial charge is 0.370 e. The van der Waals surface area contributed by atoms with Gasteiger partial charge in [-0.1, -0.05) is 0 Å². The standard InChI is InChI=1S/C13H23N3O3S/c1-9-7-16(8-13(4,5)19-9)20(17,18)12-10(2)14-15(6)11(12)3/h9H,7-8H2,1-6H3. The summed E-state index contributed by atoms with van der Waals surface area (Å²) < 4.78 is 34.7. The number of aromatic nitrogens is 2. The average molecular weight is 301 g/mol. The average Bonchev–Trinajstić information content (AvgIpc) is 2.50. The number of nitrogens with zero attached hydrogens (tertiary/aromatic N) is 3. The summed E-state index contributed by atoms with van der Waals surface area (Å²) in [5.74, 6) is 0. The molecule has 0 spiro atoms. The van der Waals surface area contributed by atoms with Gasteiger partial charge in [0.15, 0.2) is 0 Å². The Labute approximate surface area is 120 Å². The van der Waals surface area contributed by atoms with Gasteiger partial charge in [0.2, 0.25) is 10.0 Å². The molecule has 1 aliphatic heterocycles. The van der Waals surface area contributed by atoms with Crippen LogP contribution in [0.3, 0.4) is 0 Å². The third-order valence-electron chi connectivity index (χ3n) is 3.58. The van der Waals surface area contributed by atoms with Gasteiger partial charge in [-0.05, 0) is 34.6 Å². The molecule has 7 heteroatoms. The van der Waals surface area contributed by atoms with Crippen LogP contribution in [0.2, 0.25) is 0 Å². The molecule has 0 bridgehead atoms. The number of aryl methyl sites for hydroxylation is 2. The van der Waals surface area contributed by atoms with E-state index in [1.165, 1.54) is 4.31 Å². The minimum atomic E-state index is -3.54. The first-order valence-corrected chi connectivity index (χ1v) is 8.17. The number of ether oxygens (including phenoxy) is 1. The van der Waals surface area contributed by atoms with Crippen molar-refractivity contribution in [3.8, 4) is 0 Å². The minimum absolute atomic E-state index is 0.120. The Morgan fingerprint density at radius 3 is 2.40 bits per heavy atom. The van der Waals surface area contributed by atoms with Crippen molar-refractivity contribution in [1.82, 2.24) is 14.1 Å². The van der Waals surface area contributed by atoms with Crippen LogP contribution in [-0.2, 0) is 21.8 Å². The molecule has 1 saturated heterocycles. The third kappa shape index (κ3) is 2.62. The Hall–Kier alpha value is -0.920. The van der Waals surface area contributed by atoms with E-state index in [2.05, 4.69) is 5.10 Å². The monoisotopic (exact) mass is 301 g/mol. The number of hydrogen-bond donors (Lipinski definition) is 0. The SMILES string of the molecule is Cc1nn(C)c(C)c1S(=O)(=O)N1CC(C)OC(C)(C)C1. The summed E-state index contributed by atoms with van der Waals surface area (Å²) in [4.78, 5) is 0.324. The fourth-order valence-electron chi connectivity index (χ4n) is 2.83. The van der Waals surface area contributed by atoms with E-state index >= 15 is 0 Å². The van der Waals surface area contributed by atoms with Crippen LogP contribution in [0, 0.1) is 13.8 Å². The van der Waals surface area contributed by atoms with E-state index in [9.17, 15) is 8.42 Å². The van der Waals surface area contributed by atoms with Crippen LogP contribution in [0.1, 0.15) is 32.2 Å². The lowest BCUT2D eigenvalue weighted by Crippen LogP contribution is -2.53. The highest BCUT2D eigenvalue weighted by molar-refractivity contribution is 7.89. The summed E-state index contributed by atoms with van der Waals surface area (Å²) in [6.07, 6.45) is -0.120. The van der Waals surface area contributed by atoms with Crippen LogP contribution in [0.5, 0.6) is 0 Å². The van der Waals surface area contributed by atoms with Crippen molar-refractivity contribution in [2.24, 2.45) is 7.05 Å². The molecule has 0 saturated carbocycles. The normalized spacial score (nSPS) is 24.0. The number of hydrogen-bond acceptors (Lipinski definition) is 4. The van der Waals surface area contributed by atoms with E-state index in [0.717, 1.165) is 0 Å². The molecule has 20 heavy (non-hydrogen) atoms. The molecule has 0 radical (unpaired) electrons. The number of rotatable bonds is 2. The van der Waals surface area contributed by atoms with Gasteiger partial charge in [0, 0.05) is 20.1 Å². The summed E-state index contributed by atoms with van der Waals surface area (Å²) >= 11 is 0. The van der Waals surface area contributed by atoms with E-state index in [4.69, 9.17) is 4.74 Å². The van der Waals surface area contributed by atoms with Crippen LogP contribution >= 0.6 is 0 Å². The molecule has 2 rings (SSSR count). The maximum Gasteiger partial charge on any atom is 0.246 e. The second kappa shape index (κ2) is 4.82. The molecule has 0 N–H and O–H groups in total. The Balaban J connectivity index is 2.45. The summed E-state index contributed by atoms with van der Waals surface area (Å²) in [7, 11) is -1.78. The van der Waals surface area contributed by atoms with Crippen LogP contribution in [0.15, 0.2) is 4.90 Å².